The van der Waals surface area contributed by atoms with Gasteiger partial charge in [-0.1, -0.05) is 25.4 Å². The van der Waals surface area contributed by atoms with Crippen molar-refractivity contribution in [2.24, 2.45) is 5.92 Å². The molecule has 2 N–H and O–H groups in total. The van der Waals surface area contributed by atoms with Crippen molar-refractivity contribution in [2.75, 3.05) is 5.73 Å². The SMILES string of the molecule is CC(C)C(C)OCc1cc(N)ccc1Cl. The molecule has 0 aliphatic carbocycles. The predicted octanol–water partition coefficient (Wildman–Crippen LogP) is 3.48. The summed E-state index contributed by atoms with van der Waals surface area (Å²) in [6.45, 7) is 6.84. The highest BCUT2D eigenvalue weighted by atomic mass is 35.5. The summed E-state index contributed by atoms with van der Waals surface area (Å²) >= 11 is 6.02. The molecule has 0 radical (unpaired) electrons. The van der Waals surface area contributed by atoms with Crippen LogP contribution in [0.1, 0.15) is 26.3 Å². The van der Waals surface area contributed by atoms with E-state index in [2.05, 4.69) is 20.8 Å². The molecule has 0 heterocycles. The quantitative estimate of drug-likeness (QED) is 0.800. The Hall–Kier alpha value is -0.730. The third-order valence-corrected chi connectivity index (χ3v) is 2.88. The lowest BCUT2D eigenvalue weighted by Crippen LogP contribution is -2.15. The largest absolute Gasteiger partial charge is 0.399 e. The highest BCUT2D eigenvalue weighted by molar-refractivity contribution is 6.31. The van der Waals surface area contributed by atoms with Crippen LogP contribution in [0.3, 0.4) is 0 Å². The minimum atomic E-state index is 0.225. The molecule has 15 heavy (non-hydrogen) atoms. The van der Waals surface area contributed by atoms with E-state index in [4.69, 9.17) is 22.1 Å². The molecule has 3 heteroatoms. The van der Waals surface area contributed by atoms with Gasteiger partial charge in [0.2, 0.25) is 0 Å². The van der Waals surface area contributed by atoms with Gasteiger partial charge in [-0.15, -0.1) is 0 Å². The Labute approximate surface area is 96.4 Å². The maximum Gasteiger partial charge on any atom is 0.0735 e. The molecule has 1 unspecified atom stereocenters. The Morgan fingerprint density at radius 2 is 2.00 bits per heavy atom. The van der Waals surface area contributed by atoms with Crippen molar-refractivity contribution in [3.8, 4) is 0 Å². The molecule has 2 nitrogen and oxygen atoms in total. The van der Waals surface area contributed by atoms with E-state index < -0.39 is 0 Å². The van der Waals surface area contributed by atoms with Gasteiger partial charge in [-0.25, -0.2) is 0 Å². The van der Waals surface area contributed by atoms with Crippen molar-refractivity contribution in [3.63, 3.8) is 0 Å². The second-order valence-electron chi connectivity index (χ2n) is 4.11. The molecule has 0 aliphatic heterocycles. The Balaban J connectivity index is 2.61. The van der Waals surface area contributed by atoms with E-state index in [1.165, 1.54) is 0 Å². The third kappa shape index (κ3) is 3.73. The fourth-order valence-electron chi connectivity index (χ4n) is 1.12. The standard InChI is InChI=1S/C12H18ClNO/c1-8(2)9(3)15-7-10-6-11(14)4-5-12(10)13/h4-6,8-9H,7,14H2,1-3H3. The summed E-state index contributed by atoms with van der Waals surface area (Å²) in [7, 11) is 0. The first kappa shape index (κ1) is 12.3. The fourth-order valence-corrected chi connectivity index (χ4v) is 1.29. The smallest absolute Gasteiger partial charge is 0.0735 e. The van der Waals surface area contributed by atoms with Crippen LogP contribution in [0.25, 0.3) is 0 Å². The lowest BCUT2D eigenvalue weighted by atomic mass is 10.1. The molecular weight excluding hydrogens is 210 g/mol. The summed E-state index contributed by atoms with van der Waals surface area (Å²) in [5.41, 5.74) is 7.35. The predicted molar refractivity (Wildman–Crippen MR) is 65.0 cm³/mol. The average molecular weight is 228 g/mol. The van der Waals surface area contributed by atoms with Crippen LogP contribution in [0.2, 0.25) is 5.02 Å². The van der Waals surface area contributed by atoms with Crippen LogP contribution in [-0.4, -0.2) is 6.10 Å². The summed E-state index contributed by atoms with van der Waals surface area (Å²) in [4.78, 5) is 0. The van der Waals surface area contributed by atoms with Gasteiger partial charge < -0.3 is 10.5 Å². The minimum absolute atomic E-state index is 0.225. The zero-order chi connectivity index (χ0) is 11.4. The van der Waals surface area contributed by atoms with Gasteiger partial charge in [0.05, 0.1) is 12.7 Å². The van der Waals surface area contributed by atoms with Crippen molar-refractivity contribution in [1.29, 1.82) is 0 Å². The van der Waals surface area contributed by atoms with Gasteiger partial charge in [0, 0.05) is 10.7 Å². The van der Waals surface area contributed by atoms with Crippen molar-refractivity contribution < 1.29 is 4.74 Å². The maximum atomic E-state index is 6.02. The Bertz CT molecular complexity index is 325. The molecule has 0 amide bonds. The monoisotopic (exact) mass is 227 g/mol. The minimum Gasteiger partial charge on any atom is -0.399 e. The first-order chi connectivity index (χ1) is 7.00. The molecule has 1 rings (SSSR count). The third-order valence-electron chi connectivity index (χ3n) is 2.51. The van der Waals surface area contributed by atoms with Crippen LogP contribution in [-0.2, 0) is 11.3 Å². The van der Waals surface area contributed by atoms with E-state index in [-0.39, 0.29) is 6.10 Å². The first-order valence-corrected chi connectivity index (χ1v) is 5.54. The van der Waals surface area contributed by atoms with E-state index in [0.717, 1.165) is 11.3 Å². The van der Waals surface area contributed by atoms with Crippen LogP contribution in [0, 0.1) is 5.92 Å². The number of halogens is 1. The van der Waals surface area contributed by atoms with Gasteiger partial charge in [0.15, 0.2) is 0 Å². The van der Waals surface area contributed by atoms with E-state index >= 15 is 0 Å². The van der Waals surface area contributed by atoms with Crippen LogP contribution in [0.5, 0.6) is 0 Å². The summed E-state index contributed by atoms with van der Waals surface area (Å²) in [6.07, 6.45) is 0.225. The van der Waals surface area contributed by atoms with Gasteiger partial charge in [-0.2, -0.15) is 0 Å². The molecule has 84 valence electrons. The van der Waals surface area contributed by atoms with E-state index in [1.54, 1.807) is 12.1 Å². The topological polar surface area (TPSA) is 35.2 Å². The number of anilines is 1. The van der Waals surface area contributed by atoms with Crippen molar-refractivity contribution in [1.82, 2.24) is 0 Å². The van der Waals surface area contributed by atoms with Gasteiger partial charge in [-0.3, -0.25) is 0 Å². The highest BCUT2D eigenvalue weighted by Crippen LogP contribution is 2.20. The van der Waals surface area contributed by atoms with Gasteiger partial charge in [0.25, 0.3) is 0 Å². The van der Waals surface area contributed by atoms with E-state index in [1.807, 2.05) is 6.07 Å². The normalized spacial score (nSPS) is 13.1. The first-order valence-electron chi connectivity index (χ1n) is 5.16. The van der Waals surface area contributed by atoms with Crippen LogP contribution >= 0.6 is 11.6 Å². The molecule has 0 aromatic heterocycles. The number of nitrogens with two attached hydrogens (primary N) is 1. The molecule has 0 bridgehead atoms. The van der Waals surface area contributed by atoms with Crippen LogP contribution < -0.4 is 5.73 Å². The Morgan fingerprint density at radius 1 is 1.33 bits per heavy atom. The van der Waals surface area contributed by atoms with Crippen molar-refractivity contribution >= 4 is 17.3 Å². The Kier molecular flexibility index (Phi) is 4.43. The number of hydrogen-bond acceptors (Lipinski definition) is 2. The van der Waals surface area contributed by atoms with Crippen LogP contribution in [0.15, 0.2) is 18.2 Å². The average Bonchev–Trinajstić information content (AvgIpc) is 2.18. The second kappa shape index (κ2) is 5.38. The highest BCUT2D eigenvalue weighted by Gasteiger charge is 2.08. The lowest BCUT2D eigenvalue weighted by Gasteiger charge is -2.17. The number of hydrogen-bond donors (Lipinski definition) is 1. The van der Waals surface area contributed by atoms with Crippen molar-refractivity contribution in [2.45, 2.75) is 33.5 Å². The molecule has 1 atom stereocenters. The fraction of sp³-hybridized carbons (Fsp3) is 0.500. The molecular formula is C12H18ClNO. The Morgan fingerprint density at radius 3 is 2.60 bits per heavy atom. The number of nitrogen functional groups attached to an aromatic ring is 1. The summed E-state index contributed by atoms with van der Waals surface area (Å²) in [5, 5.41) is 0.708. The number of benzene rings is 1. The molecule has 1 aromatic carbocycles. The van der Waals surface area contributed by atoms with E-state index in [9.17, 15) is 0 Å². The van der Waals surface area contributed by atoms with Gasteiger partial charge >= 0.3 is 0 Å². The molecule has 1 aromatic rings. The molecule has 0 saturated carbocycles. The van der Waals surface area contributed by atoms with Gasteiger partial charge in [0.1, 0.15) is 0 Å². The van der Waals surface area contributed by atoms with Crippen molar-refractivity contribution in [3.05, 3.63) is 28.8 Å². The summed E-state index contributed by atoms with van der Waals surface area (Å²) < 4.78 is 5.69. The summed E-state index contributed by atoms with van der Waals surface area (Å²) in [6, 6.07) is 5.45. The molecule has 0 fully saturated rings. The van der Waals surface area contributed by atoms with Crippen LogP contribution in [0.4, 0.5) is 5.69 Å². The second-order valence-corrected chi connectivity index (χ2v) is 4.52. The molecule has 0 aliphatic rings. The lowest BCUT2D eigenvalue weighted by molar-refractivity contribution is 0.0236. The molecule has 0 spiro atoms. The zero-order valence-electron chi connectivity index (χ0n) is 9.46. The van der Waals surface area contributed by atoms with Gasteiger partial charge in [-0.05, 0) is 36.6 Å². The summed E-state index contributed by atoms with van der Waals surface area (Å²) in [5.74, 6) is 0.504. The molecule has 0 saturated heterocycles. The number of rotatable bonds is 4. The number of ether oxygens (including phenoxy) is 1. The van der Waals surface area contributed by atoms with E-state index in [0.29, 0.717) is 17.5 Å². The zero-order valence-corrected chi connectivity index (χ0v) is 10.2. The maximum absolute atomic E-state index is 6.02.